The van der Waals surface area contributed by atoms with Crippen LogP contribution < -0.4 is 10.6 Å². The second-order valence-corrected chi connectivity index (χ2v) is 6.30. The molecule has 0 unspecified atom stereocenters. The summed E-state index contributed by atoms with van der Waals surface area (Å²) in [6, 6.07) is 7.74. The summed E-state index contributed by atoms with van der Waals surface area (Å²) in [6.07, 6.45) is 3.15. The molecular formula is C16H20N4OS. The summed E-state index contributed by atoms with van der Waals surface area (Å²) in [7, 11) is 0. The fourth-order valence-electron chi connectivity index (χ4n) is 2.61. The van der Waals surface area contributed by atoms with Crippen LogP contribution in [-0.2, 0) is 11.2 Å². The Hall–Kier alpha value is -2.08. The number of thiazole rings is 1. The number of aryl methyl sites for hydroxylation is 1. The van der Waals surface area contributed by atoms with Crippen molar-refractivity contribution in [3.05, 3.63) is 41.4 Å². The van der Waals surface area contributed by atoms with E-state index in [1.165, 1.54) is 0 Å². The number of nitrogen functional groups attached to an aromatic ring is 1. The van der Waals surface area contributed by atoms with Gasteiger partial charge in [-0.1, -0.05) is 12.1 Å². The van der Waals surface area contributed by atoms with Crippen molar-refractivity contribution in [3.8, 4) is 0 Å². The maximum atomic E-state index is 12.3. The van der Waals surface area contributed by atoms with Crippen LogP contribution in [0.5, 0.6) is 0 Å². The normalized spacial score (nSPS) is 15.1. The Bertz CT molecular complexity index is 604. The first kappa shape index (κ1) is 14.8. The third-order valence-corrected chi connectivity index (χ3v) is 4.76. The number of rotatable bonds is 4. The molecule has 0 saturated carbocycles. The molecule has 0 spiro atoms. The molecule has 0 radical (unpaired) electrons. The number of amides is 1. The molecule has 2 N–H and O–H groups in total. The molecule has 22 heavy (non-hydrogen) atoms. The van der Waals surface area contributed by atoms with Crippen LogP contribution in [0.1, 0.15) is 12.0 Å². The van der Waals surface area contributed by atoms with E-state index in [2.05, 4.69) is 9.88 Å². The average molecular weight is 316 g/mol. The van der Waals surface area contributed by atoms with Crippen LogP contribution in [0, 0.1) is 0 Å². The Labute approximate surface area is 134 Å². The van der Waals surface area contributed by atoms with E-state index < -0.39 is 0 Å². The van der Waals surface area contributed by atoms with E-state index in [0.29, 0.717) is 6.42 Å². The lowest BCUT2D eigenvalue weighted by Gasteiger charge is -2.34. The largest absolute Gasteiger partial charge is 0.399 e. The third kappa shape index (κ3) is 3.57. The lowest BCUT2D eigenvalue weighted by Crippen LogP contribution is -2.48. The van der Waals surface area contributed by atoms with E-state index in [0.717, 1.165) is 49.0 Å². The van der Waals surface area contributed by atoms with Crippen LogP contribution in [0.15, 0.2) is 35.8 Å². The SMILES string of the molecule is Nc1ccc(CCC(=O)N2CCN(c3nccs3)CC2)cc1. The van der Waals surface area contributed by atoms with Crippen LogP contribution in [0.3, 0.4) is 0 Å². The molecule has 6 heteroatoms. The van der Waals surface area contributed by atoms with Crippen LogP contribution in [-0.4, -0.2) is 42.0 Å². The highest BCUT2D eigenvalue weighted by molar-refractivity contribution is 7.13. The number of carbonyl (C=O) groups excluding carboxylic acids is 1. The van der Waals surface area contributed by atoms with Crippen LogP contribution >= 0.6 is 11.3 Å². The fraction of sp³-hybridized carbons (Fsp3) is 0.375. The van der Waals surface area contributed by atoms with Gasteiger partial charge in [-0.3, -0.25) is 4.79 Å². The first-order chi connectivity index (χ1) is 10.7. The lowest BCUT2D eigenvalue weighted by atomic mass is 10.1. The maximum Gasteiger partial charge on any atom is 0.223 e. The van der Waals surface area contributed by atoms with Crippen molar-refractivity contribution in [1.82, 2.24) is 9.88 Å². The third-order valence-electron chi connectivity index (χ3n) is 3.93. The molecule has 1 amide bonds. The Morgan fingerprint density at radius 2 is 1.91 bits per heavy atom. The van der Waals surface area contributed by atoms with Crippen LogP contribution in [0.4, 0.5) is 10.8 Å². The highest BCUT2D eigenvalue weighted by atomic mass is 32.1. The average Bonchev–Trinajstić information content (AvgIpc) is 3.09. The van der Waals surface area contributed by atoms with Crippen molar-refractivity contribution < 1.29 is 4.79 Å². The number of nitrogens with zero attached hydrogens (tertiary/aromatic N) is 3. The molecule has 0 aliphatic carbocycles. The fourth-order valence-corrected chi connectivity index (χ4v) is 3.31. The Kier molecular flexibility index (Phi) is 4.58. The summed E-state index contributed by atoms with van der Waals surface area (Å²) in [4.78, 5) is 20.8. The molecular weight excluding hydrogens is 296 g/mol. The molecule has 1 saturated heterocycles. The number of benzene rings is 1. The molecule has 2 aromatic rings. The van der Waals surface area contributed by atoms with Gasteiger partial charge in [0.1, 0.15) is 0 Å². The molecule has 5 nitrogen and oxygen atoms in total. The van der Waals surface area contributed by atoms with Crippen molar-refractivity contribution in [2.24, 2.45) is 0 Å². The number of hydrogen-bond donors (Lipinski definition) is 1. The molecule has 3 rings (SSSR count). The van der Waals surface area contributed by atoms with E-state index in [4.69, 9.17) is 5.73 Å². The first-order valence-electron chi connectivity index (χ1n) is 7.49. The molecule has 2 heterocycles. The highest BCUT2D eigenvalue weighted by Crippen LogP contribution is 2.19. The van der Waals surface area contributed by atoms with E-state index in [9.17, 15) is 4.79 Å². The Morgan fingerprint density at radius 1 is 1.18 bits per heavy atom. The quantitative estimate of drug-likeness (QED) is 0.877. The highest BCUT2D eigenvalue weighted by Gasteiger charge is 2.21. The summed E-state index contributed by atoms with van der Waals surface area (Å²) in [6.45, 7) is 3.28. The van der Waals surface area contributed by atoms with E-state index in [-0.39, 0.29) is 5.91 Å². The van der Waals surface area contributed by atoms with Gasteiger partial charge in [-0.05, 0) is 24.1 Å². The van der Waals surface area contributed by atoms with Gasteiger partial charge >= 0.3 is 0 Å². The molecule has 1 aromatic heterocycles. The predicted octanol–water partition coefficient (Wildman–Crippen LogP) is 2.01. The van der Waals surface area contributed by atoms with Crippen molar-refractivity contribution >= 4 is 28.1 Å². The maximum absolute atomic E-state index is 12.3. The molecule has 1 aromatic carbocycles. The molecule has 0 bridgehead atoms. The van der Waals surface area contributed by atoms with Gasteiger partial charge in [0.05, 0.1) is 0 Å². The monoisotopic (exact) mass is 316 g/mol. The number of anilines is 2. The zero-order valence-corrected chi connectivity index (χ0v) is 13.3. The van der Waals surface area contributed by atoms with Crippen LogP contribution in [0.25, 0.3) is 0 Å². The van der Waals surface area contributed by atoms with E-state index in [1.807, 2.05) is 40.7 Å². The van der Waals surface area contributed by atoms with Gasteiger partial charge in [0.15, 0.2) is 5.13 Å². The second kappa shape index (κ2) is 6.79. The molecule has 116 valence electrons. The van der Waals surface area contributed by atoms with Gasteiger partial charge in [0.25, 0.3) is 0 Å². The summed E-state index contributed by atoms with van der Waals surface area (Å²) < 4.78 is 0. The van der Waals surface area contributed by atoms with Gasteiger partial charge in [-0.25, -0.2) is 4.98 Å². The van der Waals surface area contributed by atoms with Crippen molar-refractivity contribution in [3.63, 3.8) is 0 Å². The van der Waals surface area contributed by atoms with Crippen LogP contribution in [0.2, 0.25) is 0 Å². The second-order valence-electron chi connectivity index (χ2n) is 5.42. The van der Waals surface area contributed by atoms with Gasteiger partial charge < -0.3 is 15.5 Å². The van der Waals surface area contributed by atoms with Gasteiger partial charge in [0.2, 0.25) is 5.91 Å². The van der Waals surface area contributed by atoms with Crippen molar-refractivity contribution in [1.29, 1.82) is 0 Å². The number of hydrogen-bond acceptors (Lipinski definition) is 5. The summed E-state index contributed by atoms with van der Waals surface area (Å²) in [5.41, 5.74) is 7.58. The van der Waals surface area contributed by atoms with Gasteiger partial charge in [0, 0.05) is 49.9 Å². The number of carbonyl (C=O) groups is 1. The number of nitrogens with two attached hydrogens (primary N) is 1. The van der Waals surface area contributed by atoms with Crippen molar-refractivity contribution in [2.45, 2.75) is 12.8 Å². The Balaban J connectivity index is 1.46. The molecule has 1 aliphatic rings. The topological polar surface area (TPSA) is 62.5 Å². The number of piperazine rings is 1. The van der Waals surface area contributed by atoms with Gasteiger partial charge in [-0.2, -0.15) is 0 Å². The van der Waals surface area contributed by atoms with Gasteiger partial charge in [-0.15, -0.1) is 11.3 Å². The smallest absolute Gasteiger partial charge is 0.223 e. The summed E-state index contributed by atoms with van der Waals surface area (Å²) >= 11 is 1.65. The molecule has 1 fully saturated rings. The predicted molar refractivity (Wildman–Crippen MR) is 90.1 cm³/mol. The van der Waals surface area contributed by atoms with Crippen molar-refractivity contribution in [2.75, 3.05) is 36.8 Å². The Morgan fingerprint density at radius 3 is 2.55 bits per heavy atom. The summed E-state index contributed by atoms with van der Waals surface area (Å²) in [5, 5.41) is 3.04. The minimum Gasteiger partial charge on any atom is -0.399 e. The van der Waals surface area contributed by atoms with E-state index >= 15 is 0 Å². The minimum atomic E-state index is 0.232. The zero-order valence-electron chi connectivity index (χ0n) is 12.4. The lowest BCUT2D eigenvalue weighted by molar-refractivity contribution is -0.131. The molecule has 1 aliphatic heterocycles. The number of aromatic nitrogens is 1. The zero-order chi connectivity index (χ0) is 15.4. The summed E-state index contributed by atoms with van der Waals surface area (Å²) in [5.74, 6) is 0.232. The standard InChI is InChI=1S/C16H20N4OS/c17-14-4-1-13(2-5-14)3-6-15(21)19-8-10-20(11-9-19)16-18-7-12-22-16/h1-2,4-5,7,12H,3,6,8-11,17H2. The minimum absolute atomic E-state index is 0.232. The molecule has 0 atom stereocenters. The van der Waals surface area contributed by atoms with E-state index in [1.54, 1.807) is 11.3 Å². The first-order valence-corrected chi connectivity index (χ1v) is 8.37.